The van der Waals surface area contributed by atoms with Crippen molar-refractivity contribution in [3.05, 3.63) is 34.6 Å². The van der Waals surface area contributed by atoms with E-state index in [1.54, 1.807) is 7.11 Å². The van der Waals surface area contributed by atoms with Crippen LogP contribution in [-0.4, -0.2) is 23.2 Å². The third kappa shape index (κ3) is 3.10. The van der Waals surface area contributed by atoms with Crippen LogP contribution in [0, 0.1) is 6.92 Å². The van der Waals surface area contributed by atoms with Gasteiger partial charge in [-0.3, -0.25) is 4.57 Å². The number of halogens is 1. The maximum absolute atomic E-state index is 5.33. The Morgan fingerprint density at radius 3 is 2.89 bits per heavy atom. The van der Waals surface area contributed by atoms with E-state index in [1.807, 2.05) is 35.9 Å². The SMILES string of the molecule is CCCNc1nc(C)cn1-c1ccc(Br)c(OC)c1. The minimum atomic E-state index is 0.810. The van der Waals surface area contributed by atoms with Crippen molar-refractivity contribution >= 4 is 21.9 Å². The smallest absolute Gasteiger partial charge is 0.207 e. The summed E-state index contributed by atoms with van der Waals surface area (Å²) in [4.78, 5) is 4.50. The van der Waals surface area contributed by atoms with Crippen LogP contribution in [0.15, 0.2) is 28.9 Å². The summed E-state index contributed by atoms with van der Waals surface area (Å²) in [5, 5.41) is 3.33. The van der Waals surface area contributed by atoms with Gasteiger partial charge in [-0.15, -0.1) is 0 Å². The van der Waals surface area contributed by atoms with E-state index in [9.17, 15) is 0 Å². The normalized spacial score (nSPS) is 10.5. The second-order valence-electron chi connectivity index (χ2n) is 4.32. The Labute approximate surface area is 121 Å². The largest absolute Gasteiger partial charge is 0.495 e. The molecule has 1 aromatic carbocycles. The van der Waals surface area contributed by atoms with Gasteiger partial charge < -0.3 is 10.1 Å². The van der Waals surface area contributed by atoms with E-state index >= 15 is 0 Å². The number of rotatable bonds is 5. The van der Waals surface area contributed by atoms with E-state index in [1.165, 1.54) is 0 Å². The van der Waals surface area contributed by atoms with Crippen LogP contribution < -0.4 is 10.1 Å². The molecule has 0 atom stereocenters. The van der Waals surface area contributed by atoms with E-state index in [0.29, 0.717) is 0 Å². The van der Waals surface area contributed by atoms with Crippen molar-refractivity contribution in [2.45, 2.75) is 20.3 Å². The summed E-state index contributed by atoms with van der Waals surface area (Å²) >= 11 is 3.46. The minimum Gasteiger partial charge on any atom is -0.495 e. The number of aryl methyl sites for hydroxylation is 1. The monoisotopic (exact) mass is 323 g/mol. The number of hydrogen-bond donors (Lipinski definition) is 1. The second kappa shape index (κ2) is 6.10. The minimum absolute atomic E-state index is 0.810. The molecule has 102 valence electrons. The lowest BCUT2D eigenvalue weighted by Gasteiger charge is -2.11. The third-order valence-corrected chi connectivity index (χ3v) is 3.43. The number of nitrogens with zero attached hydrogens (tertiary/aromatic N) is 2. The Hall–Kier alpha value is -1.49. The quantitative estimate of drug-likeness (QED) is 0.910. The molecule has 0 aliphatic carbocycles. The lowest BCUT2D eigenvalue weighted by molar-refractivity contribution is 0.412. The van der Waals surface area contributed by atoms with Gasteiger partial charge in [-0.1, -0.05) is 6.92 Å². The second-order valence-corrected chi connectivity index (χ2v) is 5.18. The summed E-state index contributed by atoms with van der Waals surface area (Å²) in [6.45, 7) is 5.03. The lowest BCUT2D eigenvalue weighted by Crippen LogP contribution is -2.06. The van der Waals surface area contributed by atoms with E-state index in [4.69, 9.17) is 4.74 Å². The van der Waals surface area contributed by atoms with Gasteiger partial charge in [0.1, 0.15) is 5.75 Å². The number of anilines is 1. The molecule has 0 bridgehead atoms. The van der Waals surface area contributed by atoms with Crippen molar-refractivity contribution in [1.29, 1.82) is 0 Å². The highest BCUT2D eigenvalue weighted by Gasteiger charge is 2.09. The molecule has 1 aromatic heterocycles. The van der Waals surface area contributed by atoms with Crippen LogP contribution in [0.4, 0.5) is 5.95 Å². The third-order valence-electron chi connectivity index (χ3n) is 2.77. The van der Waals surface area contributed by atoms with Gasteiger partial charge in [-0.05, 0) is 41.4 Å². The molecule has 0 spiro atoms. The van der Waals surface area contributed by atoms with E-state index in [-0.39, 0.29) is 0 Å². The van der Waals surface area contributed by atoms with Crippen LogP contribution in [0.5, 0.6) is 5.75 Å². The number of methoxy groups -OCH3 is 1. The van der Waals surface area contributed by atoms with Crippen molar-refractivity contribution in [2.75, 3.05) is 19.0 Å². The first kappa shape index (κ1) is 13.9. The van der Waals surface area contributed by atoms with Gasteiger partial charge in [0.2, 0.25) is 5.95 Å². The van der Waals surface area contributed by atoms with Crippen LogP contribution >= 0.6 is 15.9 Å². The number of hydrogen-bond acceptors (Lipinski definition) is 3. The Morgan fingerprint density at radius 1 is 1.42 bits per heavy atom. The molecule has 1 N–H and O–H groups in total. The van der Waals surface area contributed by atoms with Crippen LogP contribution in [0.1, 0.15) is 19.0 Å². The first-order chi connectivity index (χ1) is 9.15. The van der Waals surface area contributed by atoms with Gasteiger partial charge in [0.05, 0.1) is 23.0 Å². The Morgan fingerprint density at radius 2 is 2.21 bits per heavy atom. The zero-order valence-corrected chi connectivity index (χ0v) is 13.0. The first-order valence-corrected chi connectivity index (χ1v) is 7.08. The highest BCUT2D eigenvalue weighted by molar-refractivity contribution is 9.10. The molecule has 0 aliphatic rings. The number of nitrogens with one attached hydrogen (secondary N) is 1. The standard InChI is InChI=1S/C14H18BrN3O/c1-4-7-16-14-17-10(2)9-18(14)11-5-6-12(15)13(8-11)19-3/h5-6,8-9H,4,7H2,1-3H3,(H,16,17). The van der Waals surface area contributed by atoms with Crippen molar-refractivity contribution in [3.8, 4) is 11.4 Å². The molecular weight excluding hydrogens is 306 g/mol. The van der Waals surface area contributed by atoms with Gasteiger partial charge in [0.15, 0.2) is 0 Å². The molecule has 2 rings (SSSR count). The Balaban J connectivity index is 2.40. The van der Waals surface area contributed by atoms with Crippen molar-refractivity contribution in [1.82, 2.24) is 9.55 Å². The van der Waals surface area contributed by atoms with Crippen molar-refractivity contribution in [3.63, 3.8) is 0 Å². The van der Waals surface area contributed by atoms with E-state index in [0.717, 1.165) is 40.5 Å². The van der Waals surface area contributed by atoms with Gasteiger partial charge in [-0.25, -0.2) is 4.98 Å². The summed E-state index contributed by atoms with van der Waals surface area (Å²) in [6.07, 6.45) is 3.08. The summed E-state index contributed by atoms with van der Waals surface area (Å²) in [5.74, 6) is 1.68. The fourth-order valence-corrected chi connectivity index (χ4v) is 2.26. The van der Waals surface area contributed by atoms with Crippen LogP contribution in [0.2, 0.25) is 0 Å². The molecule has 4 nitrogen and oxygen atoms in total. The summed E-state index contributed by atoms with van der Waals surface area (Å²) in [6, 6.07) is 6.00. The molecule has 0 saturated heterocycles. The molecule has 0 unspecified atom stereocenters. The highest BCUT2D eigenvalue weighted by atomic mass is 79.9. The maximum atomic E-state index is 5.33. The van der Waals surface area contributed by atoms with E-state index in [2.05, 4.69) is 33.2 Å². The van der Waals surface area contributed by atoms with Crippen molar-refractivity contribution < 1.29 is 4.74 Å². The molecule has 1 heterocycles. The average Bonchev–Trinajstić information content (AvgIpc) is 2.78. The Kier molecular flexibility index (Phi) is 4.47. The molecule has 2 aromatic rings. The van der Waals surface area contributed by atoms with Crippen LogP contribution in [0.3, 0.4) is 0 Å². The van der Waals surface area contributed by atoms with Crippen LogP contribution in [0.25, 0.3) is 5.69 Å². The topological polar surface area (TPSA) is 39.1 Å². The fraction of sp³-hybridized carbons (Fsp3) is 0.357. The average molecular weight is 324 g/mol. The molecule has 0 fully saturated rings. The number of benzene rings is 1. The van der Waals surface area contributed by atoms with Gasteiger partial charge in [0.25, 0.3) is 0 Å². The molecule has 0 saturated carbocycles. The molecule has 0 amide bonds. The summed E-state index contributed by atoms with van der Waals surface area (Å²) in [7, 11) is 1.67. The van der Waals surface area contributed by atoms with E-state index < -0.39 is 0 Å². The Bertz CT molecular complexity index is 566. The fourth-order valence-electron chi connectivity index (χ4n) is 1.85. The predicted octanol–water partition coefficient (Wildman–Crippen LogP) is 3.77. The van der Waals surface area contributed by atoms with Gasteiger partial charge >= 0.3 is 0 Å². The number of imidazole rings is 1. The van der Waals surface area contributed by atoms with Crippen LogP contribution in [-0.2, 0) is 0 Å². The summed E-state index contributed by atoms with van der Waals surface area (Å²) < 4.78 is 8.32. The molecule has 0 radical (unpaired) electrons. The molecular formula is C14H18BrN3O. The molecule has 5 heteroatoms. The number of ether oxygens (including phenoxy) is 1. The summed E-state index contributed by atoms with van der Waals surface area (Å²) in [5.41, 5.74) is 2.01. The highest BCUT2D eigenvalue weighted by Crippen LogP contribution is 2.28. The zero-order valence-electron chi connectivity index (χ0n) is 11.4. The lowest BCUT2D eigenvalue weighted by atomic mass is 10.3. The maximum Gasteiger partial charge on any atom is 0.207 e. The van der Waals surface area contributed by atoms with Crippen molar-refractivity contribution in [2.24, 2.45) is 0 Å². The number of aromatic nitrogens is 2. The molecule has 19 heavy (non-hydrogen) atoms. The zero-order chi connectivity index (χ0) is 13.8. The predicted molar refractivity (Wildman–Crippen MR) is 81.3 cm³/mol. The van der Waals surface area contributed by atoms with Gasteiger partial charge in [-0.2, -0.15) is 0 Å². The first-order valence-electron chi connectivity index (χ1n) is 6.29. The van der Waals surface area contributed by atoms with Gasteiger partial charge in [0, 0.05) is 18.8 Å². The molecule has 0 aliphatic heterocycles.